The van der Waals surface area contributed by atoms with Gasteiger partial charge in [0, 0.05) is 17.3 Å². The number of carbonyl (C=O) groups excluding carboxylic acids is 2. The first-order valence-corrected chi connectivity index (χ1v) is 8.63. The van der Waals surface area contributed by atoms with E-state index in [9.17, 15) is 14.4 Å². The summed E-state index contributed by atoms with van der Waals surface area (Å²) in [5.74, 6) is -1.11. The predicted molar refractivity (Wildman–Crippen MR) is 101 cm³/mol. The summed E-state index contributed by atoms with van der Waals surface area (Å²) in [6, 6.07) is 9.65. The minimum absolute atomic E-state index is 0.103. The van der Waals surface area contributed by atoms with E-state index >= 15 is 0 Å². The van der Waals surface area contributed by atoms with Gasteiger partial charge in [-0.2, -0.15) is 0 Å². The quantitative estimate of drug-likeness (QED) is 0.647. The number of benzene rings is 2. The maximum atomic E-state index is 12.4. The summed E-state index contributed by atoms with van der Waals surface area (Å²) in [7, 11) is 2.88. The van der Waals surface area contributed by atoms with Crippen LogP contribution < -0.4 is 19.5 Å². The Morgan fingerprint density at radius 2 is 1.97 bits per heavy atom. The number of anilines is 1. The summed E-state index contributed by atoms with van der Waals surface area (Å²) in [4.78, 5) is 35.3. The third kappa shape index (κ3) is 4.40. The predicted octanol–water partition coefficient (Wildman–Crippen LogP) is 2.41. The van der Waals surface area contributed by atoms with E-state index in [0.717, 1.165) is 0 Å². The molecule has 0 fully saturated rings. The summed E-state index contributed by atoms with van der Waals surface area (Å²) in [5.41, 5.74) is 1.21. The molecular weight excluding hydrogens is 382 g/mol. The molecule has 9 nitrogen and oxygen atoms in total. The van der Waals surface area contributed by atoms with Crippen molar-refractivity contribution in [2.75, 3.05) is 26.1 Å². The summed E-state index contributed by atoms with van der Waals surface area (Å²) in [6.45, 7) is -0.489. The number of cyclic esters (lactones) is 1. The van der Waals surface area contributed by atoms with Gasteiger partial charge < -0.3 is 29.4 Å². The molecule has 1 amide bonds. The van der Waals surface area contributed by atoms with Crippen LogP contribution >= 0.6 is 0 Å². The van der Waals surface area contributed by atoms with Crippen LogP contribution in [0.5, 0.6) is 17.2 Å². The SMILES string of the molecule is COc1ccc2c(c1OC)C(=O)OC2CC(=O)Nc1cccc(OCC(=O)O)c1. The van der Waals surface area contributed by atoms with Crippen molar-refractivity contribution in [3.05, 3.63) is 47.5 Å². The first-order valence-electron chi connectivity index (χ1n) is 8.63. The molecule has 3 rings (SSSR count). The molecule has 2 aromatic carbocycles. The number of carbonyl (C=O) groups is 3. The molecule has 0 spiro atoms. The number of amides is 1. The molecule has 29 heavy (non-hydrogen) atoms. The van der Waals surface area contributed by atoms with Crippen LogP contribution in [0, 0.1) is 0 Å². The van der Waals surface area contributed by atoms with Crippen LogP contribution in [-0.2, 0) is 14.3 Å². The number of carboxylic acids is 1. The maximum Gasteiger partial charge on any atom is 0.343 e. The van der Waals surface area contributed by atoms with Crippen molar-refractivity contribution >= 4 is 23.5 Å². The first kappa shape index (κ1) is 20.0. The highest BCUT2D eigenvalue weighted by atomic mass is 16.6. The van der Waals surface area contributed by atoms with Gasteiger partial charge in [-0.05, 0) is 18.2 Å². The summed E-state index contributed by atoms with van der Waals surface area (Å²) in [5, 5.41) is 11.3. The third-order valence-corrected chi connectivity index (χ3v) is 4.23. The second kappa shape index (κ2) is 8.51. The summed E-state index contributed by atoms with van der Waals surface area (Å²) in [6.07, 6.45) is -0.863. The van der Waals surface area contributed by atoms with E-state index in [0.29, 0.717) is 22.7 Å². The molecule has 0 bridgehead atoms. The Labute approximate surface area is 166 Å². The summed E-state index contributed by atoms with van der Waals surface area (Å²) >= 11 is 0. The number of ether oxygens (including phenoxy) is 4. The van der Waals surface area contributed by atoms with E-state index in [-0.39, 0.29) is 23.6 Å². The zero-order valence-electron chi connectivity index (χ0n) is 15.8. The Morgan fingerprint density at radius 3 is 2.66 bits per heavy atom. The Kier molecular flexibility index (Phi) is 5.87. The van der Waals surface area contributed by atoms with E-state index in [1.165, 1.54) is 20.3 Å². The molecule has 0 radical (unpaired) electrons. The minimum Gasteiger partial charge on any atom is -0.493 e. The van der Waals surface area contributed by atoms with Crippen molar-refractivity contribution in [2.45, 2.75) is 12.5 Å². The average molecular weight is 401 g/mol. The van der Waals surface area contributed by atoms with Gasteiger partial charge in [-0.1, -0.05) is 12.1 Å². The van der Waals surface area contributed by atoms with Crippen LogP contribution in [0.3, 0.4) is 0 Å². The van der Waals surface area contributed by atoms with E-state index in [4.69, 9.17) is 24.1 Å². The fourth-order valence-electron chi connectivity index (χ4n) is 3.01. The third-order valence-electron chi connectivity index (χ3n) is 4.23. The minimum atomic E-state index is -1.10. The standard InChI is InChI=1S/C20H19NO8/c1-26-14-7-6-13-15(29-20(25)18(13)19(14)27-2)9-16(22)21-11-4-3-5-12(8-11)28-10-17(23)24/h3-8,15H,9-10H2,1-2H3,(H,21,22)(H,23,24). The number of nitrogens with one attached hydrogen (secondary N) is 1. The van der Waals surface area contributed by atoms with Crippen LogP contribution in [-0.4, -0.2) is 43.8 Å². The van der Waals surface area contributed by atoms with E-state index in [1.807, 2.05) is 0 Å². The molecule has 2 aromatic rings. The molecule has 0 aromatic heterocycles. The molecule has 1 aliphatic heterocycles. The summed E-state index contributed by atoms with van der Waals surface area (Å²) < 4.78 is 20.9. The fourth-order valence-corrected chi connectivity index (χ4v) is 3.01. The van der Waals surface area contributed by atoms with Gasteiger partial charge in [0.1, 0.15) is 17.4 Å². The Bertz CT molecular complexity index is 955. The molecule has 0 aliphatic carbocycles. The van der Waals surface area contributed by atoms with Crippen molar-refractivity contribution in [2.24, 2.45) is 0 Å². The van der Waals surface area contributed by atoms with Gasteiger partial charge in [-0.3, -0.25) is 4.79 Å². The van der Waals surface area contributed by atoms with Crippen LogP contribution in [0.1, 0.15) is 28.4 Å². The molecule has 1 unspecified atom stereocenters. The van der Waals surface area contributed by atoms with Crippen molar-refractivity contribution in [1.29, 1.82) is 0 Å². The van der Waals surface area contributed by atoms with Crippen LogP contribution in [0.15, 0.2) is 36.4 Å². The number of methoxy groups -OCH3 is 2. The molecule has 1 aliphatic rings. The number of hydrogen-bond acceptors (Lipinski definition) is 7. The number of hydrogen-bond donors (Lipinski definition) is 2. The number of aliphatic carboxylic acids is 1. The average Bonchev–Trinajstić information content (AvgIpc) is 3.01. The second-order valence-electron chi connectivity index (χ2n) is 6.12. The number of rotatable bonds is 8. The van der Waals surface area contributed by atoms with Crippen LogP contribution in [0.25, 0.3) is 0 Å². The number of esters is 1. The molecular formula is C20H19NO8. The van der Waals surface area contributed by atoms with Crippen LogP contribution in [0.4, 0.5) is 5.69 Å². The monoisotopic (exact) mass is 401 g/mol. The van der Waals surface area contributed by atoms with Gasteiger partial charge in [-0.15, -0.1) is 0 Å². The van der Waals surface area contributed by atoms with Gasteiger partial charge in [0.05, 0.1) is 20.6 Å². The topological polar surface area (TPSA) is 120 Å². The van der Waals surface area contributed by atoms with Gasteiger partial charge >= 0.3 is 11.9 Å². The van der Waals surface area contributed by atoms with Crippen LogP contribution in [0.2, 0.25) is 0 Å². The molecule has 2 N–H and O–H groups in total. The largest absolute Gasteiger partial charge is 0.493 e. The van der Waals surface area contributed by atoms with Gasteiger partial charge in [-0.25, -0.2) is 9.59 Å². The molecule has 1 atom stereocenters. The molecule has 1 heterocycles. The fraction of sp³-hybridized carbons (Fsp3) is 0.250. The molecule has 9 heteroatoms. The lowest BCUT2D eigenvalue weighted by Crippen LogP contribution is -2.16. The van der Waals surface area contributed by atoms with Gasteiger partial charge in [0.25, 0.3) is 0 Å². The number of fused-ring (bicyclic) bond motifs is 1. The molecule has 0 saturated carbocycles. The number of carboxylic acid groups (broad SMARTS) is 1. The first-order chi connectivity index (χ1) is 13.9. The lowest BCUT2D eigenvalue weighted by atomic mass is 10.0. The maximum absolute atomic E-state index is 12.4. The van der Waals surface area contributed by atoms with Crippen molar-refractivity contribution in [1.82, 2.24) is 0 Å². The zero-order valence-corrected chi connectivity index (χ0v) is 15.8. The Morgan fingerprint density at radius 1 is 1.17 bits per heavy atom. The van der Waals surface area contributed by atoms with E-state index in [1.54, 1.807) is 30.3 Å². The van der Waals surface area contributed by atoms with E-state index in [2.05, 4.69) is 5.32 Å². The normalized spacial score (nSPS) is 14.6. The molecule has 0 saturated heterocycles. The smallest absolute Gasteiger partial charge is 0.343 e. The lowest BCUT2D eigenvalue weighted by molar-refractivity contribution is -0.139. The van der Waals surface area contributed by atoms with Gasteiger partial charge in [0.15, 0.2) is 18.1 Å². The second-order valence-corrected chi connectivity index (χ2v) is 6.12. The van der Waals surface area contributed by atoms with Crippen molar-refractivity contribution in [3.8, 4) is 17.2 Å². The highest BCUT2D eigenvalue weighted by molar-refractivity contribution is 5.99. The highest BCUT2D eigenvalue weighted by Gasteiger charge is 2.36. The Balaban J connectivity index is 1.71. The molecule has 152 valence electrons. The Hall–Kier alpha value is -3.75. The van der Waals surface area contributed by atoms with Crippen molar-refractivity contribution < 1.29 is 38.4 Å². The lowest BCUT2D eigenvalue weighted by Gasteiger charge is -2.13. The van der Waals surface area contributed by atoms with Crippen molar-refractivity contribution in [3.63, 3.8) is 0 Å². The highest BCUT2D eigenvalue weighted by Crippen LogP contribution is 2.43. The van der Waals surface area contributed by atoms with Gasteiger partial charge in [0.2, 0.25) is 5.91 Å². The zero-order chi connectivity index (χ0) is 21.0. The van der Waals surface area contributed by atoms with E-state index < -0.39 is 24.6 Å².